The van der Waals surface area contributed by atoms with Crippen LogP contribution in [0.1, 0.15) is 17.2 Å². The maximum Gasteiger partial charge on any atom is 0.213 e. The number of hydrogen-bond donors (Lipinski definition) is 0. The molecule has 2 heterocycles. The molecule has 0 radical (unpaired) electrons. The van der Waals surface area contributed by atoms with Crippen LogP contribution in [-0.4, -0.2) is 19.3 Å². The van der Waals surface area contributed by atoms with Gasteiger partial charge in [-0.2, -0.15) is 10.4 Å². The molecule has 2 aromatic rings. The molecule has 15 heavy (non-hydrogen) atoms. The van der Waals surface area contributed by atoms with Crippen LogP contribution in [0.2, 0.25) is 0 Å². The highest BCUT2D eigenvalue weighted by Gasteiger charge is 2.06. The monoisotopic (exact) mass is 201 g/mol. The van der Waals surface area contributed by atoms with Crippen molar-refractivity contribution in [2.75, 3.05) is 0 Å². The summed E-state index contributed by atoms with van der Waals surface area (Å²) in [6, 6.07) is 4.05. The normalized spacial score (nSPS) is 10.2. The zero-order chi connectivity index (χ0) is 10.8. The molecular weight excluding hydrogens is 190 g/mol. The zero-order valence-electron chi connectivity index (χ0n) is 8.68. The van der Waals surface area contributed by atoms with Gasteiger partial charge in [0.1, 0.15) is 6.07 Å². The Morgan fingerprint density at radius 3 is 2.93 bits per heavy atom. The molecule has 0 amide bonds. The van der Waals surface area contributed by atoms with Gasteiger partial charge in [-0.05, 0) is 13.0 Å². The third kappa shape index (κ3) is 1.74. The van der Waals surface area contributed by atoms with Crippen LogP contribution < -0.4 is 0 Å². The van der Waals surface area contributed by atoms with E-state index in [1.807, 2.05) is 30.8 Å². The minimum Gasteiger partial charge on any atom is -0.317 e. The minimum atomic E-state index is 0.425. The van der Waals surface area contributed by atoms with Gasteiger partial charge in [0.05, 0.1) is 17.9 Å². The number of nitrogens with zero attached hydrogens (tertiary/aromatic N) is 5. The van der Waals surface area contributed by atoms with Crippen molar-refractivity contribution in [3.8, 4) is 6.07 Å². The second kappa shape index (κ2) is 3.58. The topological polar surface area (TPSA) is 59.4 Å². The van der Waals surface area contributed by atoms with E-state index in [2.05, 4.69) is 10.1 Å². The zero-order valence-corrected chi connectivity index (χ0v) is 8.68. The molecule has 0 aromatic carbocycles. The van der Waals surface area contributed by atoms with Crippen molar-refractivity contribution in [1.82, 2.24) is 19.3 Å². The number of hydrogen-bond acceptors (Lipinski definition) is 3. The highest BCUT2D eigenvalue weighted by Crippen LogP contribution is 2.06. The molecule has 0 aliphatic carbocycles. The van der Waals surface area contributed by atoms with Crippen LogP contribution in [0.25, 0.3) is 0 Å². The maximum atomic E-state index is 8.80. The van der Waals surface area contributed by atoms with Gasteiger partial charge < -0.3 is 4.57 Å². The summed E-state index contributed by atoms with van der Waals surface area (Å²) in [6.07, 6.45) is 3.42. The van der Waals surface area contributed by atoms with Crippen molar-refractivity contribution in [3.63, 3.8) is 0 Å². The fraction of sp³-hybridized carbons (Fsp3) is 0.300. The number of imidazole rings is 1. The van der Waals surface area contributed by atoms with E-state index in [1.54, 1.807) is 17.0 Å². The van der Waals surface area contributed by atoms with Crippen LogP contribution >= 0.6 is 0 Å². The molecule has 2 aromatic heterocycles. The summed E-state index contributed by atoms with van der Waals surface area (Å²) < 4.78 is 3.62. The molecule has 5 heteroatoms. The summed E-state index contributed by atoms with van der Waals surface area (Å²) >= 11 is 0. The predicted molar refractivity (Wildman–Crippen MR) is 54.0 cm³/mol. The van der Waals surface area contributed by atoms with Gasteiger partial charge in [0, 0.05) is 19.4 Å². The average molecular weight is 201 g/mol. The van der Waals surface area contributed by atoms with E-state index in [-0.39, 0.29) is 0 Å². The van der Waals surface area contributed by atoms with Crippen molar-refractivity contribution < 1.29 is 0 Å². The van der Waals surface area contributed by atoms with Crippen molar-refractivity contribution in [3.05, 3.63) is 35.7 Å². The lowest BCUT2D eigenvalue weighted by Gasteiger charge is -2.03. The maximum absolute atomic E-state index is 8.80. The summed E-state index contributed by atoms with van der Waals surface area (Å²) in [7, 11) is 1.89. The SMILES string of the molecule is Cc1cc(Cn2ccnc2C#N)n(C)n1. The Morgan fingerprint density at radius 2 is 2.33 bits per heavy atom. The molecule has 0 fully saturated rings. The van der Waals surface area contributed by atoms with E-state index >= 15 is 0 Å². The van der Waals surface area contributed by atoms with Gasteiger partial charge in [-0.15, -0.1) is 0 Å². The molecule has 0 atom stereocenters. The number of aromatic nitrogens is 4. The lowest BCUT2D eigenvalue weighted by Crippen LogP contribution is -2.06. The standard InChI is InChI=1S/C10H11N5/c1-8-5-9(14(2)13-8)7-15-4-3-12-10(15)6-11/h3-5H,7H2,1-2H3. The first-order valence-electron chi connectivity index (χ1n) is 4.61. The second-order valence-corrected chi connectivity index (χ2v) is 3.39. The lowest BCUT2D eigenvalue weighted by molar-refractivity contribution is 0.659. The molecule has 0 unspecified atom stereocenters. The quantitative estimate of drug-likeness (QED) is 0.723. The first-order chi connectivity index (χ1) is 7.20. The van der Waals surface area contributed by atoms with Crippen molar-refractivity contribution in [2.24, 2.45) is 7.05 Å². The second-order valence-electron chi connectivity index (χ2n) is 3.39. The first-order valence-corrected chi connectivity index (χ1v) is 4.61. The van der Waals surface area contributed by atoms with Gasteiger partial charge in [-0.25, -0.2) is 4.98 Å². The van der Waals surface area contributed by atoms with Gasteiger partial charge in [-0.1, -0.05) is 0 Å². The molecule has 0 aliphatic rings. The van der Waals surface area contributed by atoms with Gasteiger partial charge in [-0.3, -0.25) is 4.68 Å². The Labute approximate surface area is 87.6 Å². The van der Waals surface area contributed by atoms with Gasteiger partial charge in [0.15, 0.2) is 0 Å². The Kier molecular flexibility index (Phi) is 2.26. The van der Waals surface area contributed by atoms with Crippen LogP contribution in [0.15, 0.2) is 18.5 Å². The van der Waals surface area contributed by atoms with Gasteiger partial charge in [0.2, 0.25) is 5.82 Å². The molecule has 0 bridgehead atoms. The van der Waals surface area contributed by atoms with Crippen LogP contribution in [0.4, 0.5) is 0 Å². The summed E-state index contributed by atoms with van der Waals surface area (Å²) in [5.41, 5.74) is 2.04. The smallest absolute Gasteiger partial charge is 0.213 e. The highest BCUT2D eigenvalue weighted by molar-refractivity contribution is 5.15. The highest BCUT2D eigenvalue weighted by atomic mass is 15.3. The predicted octanol–water partition coefficient (Wildman–Crippen LogP) is 0.845. The molecular formula is C10H11N5. The van der Waals surface area contributed by atoms with Crippen molar-refractivity contribution in [2.45, 2.75) is 13.5 Å². The van der Waals surface area contributed by atoms with Crippen LogP contribution in [-0.2, 0) is 13.6 Å². The lowest BCUT2D eigenvalue weighted by atomic mass is 10.3. The van der Waals surface area contributed by atoms with Crippen molar-refractivity contribution >= 4 is 0 Å². The molecule has 0 saturated heterocycles. The van der Waals surface area contributed by atoms with Gasteiger partial charge in [0.25, 0.3) is 0 Å². The van der Waals surface area contributed by atoms with Crippen LogP contribution in [0, 0.1) is 18.3 Å². The summed E-state index contributed by atoms with van der Waals surface area (Å²) in [6.45, 7) is 2.57. The van der Waals surface area contributed by atoms with Crippen LogP contribution in [0.3, 0.4) is 0 Å². The molecule has 0 aliphatic heterocycles. The van der Waals surface area contributed by atoms with E-state index in [9.17, 15) is 0 Å². The fourth-order valence-corrected chi connectivity index (χ4v) is 1.54. The third-order valence-corrected chi connectivity index (χ3v) is 2.25. The Balaban J connectivity index is 2.30. The Morgan fingerprint density at radius 1 is 1.53 bits per heavy atom. The van der Waals surface area contributed by atoms with Gasteiger partial charge >= 0.3 is 0 Å². The van der Waals surface area contributed by atoms with E-state index in [4.69, 9.17) is 5.26 Å². The first kappa shape index (κ1) is 9.46. The Bertz CT molecular complexity index is 514. The summed E-state index contributed by atoms with van der Waals surface area (Å²) in [4.78, 5) is 3.94. The van der Waals surface area contributed by atoms with Crippen molar-refractivity contribution in [1.29, 1.82) is 5.26 Å². The molecule has 76 valence electrons. The molecule has 0 N–H and O–H groups in total. The fourth-order valence-electron chi connectivity index (χ4n) is 1.54. The third-order valence-electron chi connectivity index (χ3n) is 2.25. The average Bonchev–Trinajstić information content (AvgIpc) is 2.74. The van der Waals surface area contributed by atoms with E-state index in [1.165, 1.54) is 0 Å². The van der Waals surface area contributed by atoms with Crippen LogP contribution in [0.5, 0.6) is 0 Å². The molecule has 5 nitrogen and oxygen atoms in total. The number of rotatable bonds is 2. The number of aryl methyl sites for hydroxylation is 2. The summed E-state index contributed by atoms with van der Waals surface area (Å²) in [5.74, 6) is 0.425. The summed E-state index contributed by atoms with van der Waals surface area (Å²) in [5, 5.41) is 13.1. The molecule has 0 saturated carbocycles. The van der Waals surface area contributed by atoms with E-state index in [0.29, 0.717) is 12.4 Å². The minimum absolute atomic E-state index is 0.425. The molecule has 0 spiro atoms. The number of nitriles is 1. The van der Waals surface area contributed by atoms with E-state index < -0.39 is 0 Å². The van der Waals surface area contributed by atoms with E-state index in [0.717, 1.165) is 11.4 Å². The largest absolute Gasteiger partial charge is 0.317 e. The Hall–Kier alpha value is -2.09. The molecule has 2 rings (SSSR count).